The van der Waals surface area contributed by atoms with Gasteiger partial charge in [-0.2, -0.15) is 0 Å². The van der Waals surface area contributed by atoms with Gasteiger partial charge >= 0.3 is 0 Å². The summed E-state index contributed by atoms with van der Waals surface area (Å²) in [5.74, 6) is 0.712. The minimum absolute atomic E-state index is 0.0431. The number of H-pyrrole nitrogens is 1. The Kier molecular flexibility index (Phi) is 3.41. The van der Waals surface area contributed by atoms with E-state index < -0.39 is 0 Å². The van der Waals surface area contributed by atoms with Crippen LogP contribution in [0.2, 0.25) is 0 Å². The van der Waals surface area contributed by atoms with E-state index in [0.717, 1.165) is 22.4 Å². The number of carbonyl (C=O) groups excluding carboxylic acids is 1. The first-order valence-corrected chi connectivity index (χ1v) is 6.40. The fourth-order valence-electron chi connectivity index (χ4n) is 2.02. The number of aromatic amines is 1. The highest BCUT2D eigenvalue weighted by molar-refractivity contribution is 5.78. The molecule has 2 N–H and O–H groups in total. The van der Waals surface area contributed by atoms with Gasteiger partial charge in [0.25, 0.3) is 0 Å². The zero-order valence-corrected chi connectivity index (χ0v) is 10.8. The number of nitrogens with zero attached hydrogens (tertiary/aromatic N) is 2. The average molecular weight is 266 g/mol. The van der Waals surface area contributed by atoms with Crippen LogP contribution in [0.5, 0.6) is 0 Å². The number of amides is 1. The zero-order chi connectivity index (χ0) is 13.8. The molecule has 100 valence electrons. The Morgan fingerprint density at radius 1 is 1.20 bits per heavy atom. The van der Waals surface area contributed by atoms with Gasteiger partial charge in [-0.05, 0) is 23.8 Å². The highest BCUT2D eigenvalue weighted by atomic mass is 16.1. The average Bonchev–Trinajstić information content (AvgIpc) is 2.89. The second-order valence-corrected chi connectivity index (χ2v) is 4.52. The first-order valence-electron chi connectivity index (χ1n) is 6.40. The molecule has 1 aromatic carbocycles. The van der Waals surface area contributed by atoms with Gasteiger partial charge in [-0.3, -0.25) is 9.78 Å². The van der Waals surface area contributed by atoms with Crippen molar-refractivity contribution >= 4 is 16.9 Å². The first kappa shape index (κ1) is 12.3. The van der Waals surface area contributed by atoms with Gasteiger partial charge in [-0.1, -0.05) is 18.2 Å². The van der Waals surface area contributed by atoms with Gasteiger partial charge in [0.2, 0.25) is 5.91 Å². The van der Waals surface area contributed by atoms with E-state index in [1.54, 1.807) is 12.4 Å². The highest BCUT2D eigenvalue weighted by Crippen LogP contribution is 2.09. The normalized spacial score (nSPS) is 10.6. The van der Waals surface area contributed by atoms with Crippen LogP contribution in [0.15, 0.2) is 48.8 Å². The molecule has 0 atom stereocenters. The Hall–Kier alpha value is -2.69. The Morgan fingerprint density at radius 3 is 2.90 bits per heavy atom. The number of nitrogens with one attached hydrogen (secondary N) is 2. The van der Waals surface area contributed by atoms with Crippen molar-refractivity contribution in [1.82, 2.24) is 20.3 Å². The summed E-state index contributed by atoms with van der Waals surface area (Å²) in [6.45, 7) is 0.397. The molecule has 0 saturated carbocycles. The highest BCUT2D eigenvalue weighted by Gasteiger charge is 2.06. The molecule has 0 aliphatic rings. The molecule has 3 aromatic rings. The summed E-state index contributed by atoms with van der Waals surface area (Å²) in [5, 5.41) is 2.85. The number of imidazole rings is 1. The second kappa shape index (κ2) is 5.52. The summed E-state index contributed by atoms with van der Waals surface area (Å²) in [7, 11) is 0. The monoisotopic (exact) mass is 266 g/mol. The van der Waals surface area contributed by atoms with Crippen LogP contribution in [0.3, 0.4) is 0 Å². The number of aromatic nitrogens is 3. The van der Waals surface area contributed by atoms with E-state index in [9.17, 15) is 4.79 Å². The maximum atomic E-state index is 11.8. The maximum absolute atomic E-state index is 11.8. The van der Waals surface area contributed by atoms with Crippen LogP contribution in [0.25, 0.3) is 11.0 Å². The predicted octanol–water partition coefficient (Wildman–Crippen LogP) is 1.82. The second-order valence-electron chi connectivity index (χ2n) is 4.52. The molecule has 1 amide bonds. The summed E-state index contributed by atoms with van der Waals surface area (Å²) in [4.78, 5) is 23.4. The molecular formula is C15H14N4O. The Morgan fingerprint density at radius 2 is 2.10 bits per heavy atom. The van der Waals surface area contributed by atoms with Gasteiger partial charge in [0.05, 0.1) is 24.0 Å². The fourth-order valence-corrected chi connectivity index (χ4v) is 2.02. The van der Waals surface area contributed by atoms with Crippen molar-refractivity contribution in [2.45, 2.75) is 13.0 Å². The van der Waals surface area contributed by atoms with Crippen molar-refractivity contribution in [2.75, 3.05) is 0 Å². The summed E-state index contributed by atoms with van der Waals surface area (Å²) in [6.07, 6.45) is 3.71. The number of benzene rings is 1. The fraction of sp³-hybridized carbons (Fsp3) is 0.133. The molecular weight excluding hydrogens is 252 g/mol. The summed E-state index contributed by atoms with van der Waals surface area (Å²) < 4.78 is 0. The molecule has 2 aromatic heterocycles. The van der Waals surface area contributed by atoms with Crippen molar-refractivity contribution in [3.05, 3.63) is 60.2 Å². The topological polar surface area (TPSA) is 70.7 Å². The molecule has 0 radical (unpaired) electrons. The molecule has 3 rings (SSSR count). The minimum Gasteiger partial charge on any atom is -0.349 e. The van der Waals surface area contributed by atoms with E-state index in [4.69, 9.17) is 0 Å². The standard InChI is InChI=1S/C15H14N4O/c20-15(8-11-4-3-7-16-9-11)17-10-14-18-12-5-1-2-6-13(12)19-14/h1-7,9H,8,10H2,(H,17,20)(H,18,19). The minimum atomic E-state index is -0.0431. The summed E-state index contributed by atoms with van der Waals surface area (Å²) in [5.41, 5.74) is 2.78. The van der Waals surface area contributed by atoms with E-state index in [1.165, 1.54) is 0 Å². The zero-order valence-electron chi connectivity index (χ0n) is 10.8. The van der Waals surface area contributed by atoms with E-state index in [0.29, 0.717) is 13.0 Å². The van der Waals surface area contributed by atoms with E-state index in [-0.39, 0.29) is 5.91 Å². The van der Waals surface area contributed by atoms with Crippen molar-refractivity contribution in [3.63, 3.8) is 0 Å². The van der Waals surface area contributed by atoms with Gasteiger partial charge in [0, 0.05) is 12.4 Å². The summed E-state index contributed by atoms with van der Waals surface area (Å²) >= 11 is 0. The number of fused-ring (bicyclic) bond motifs is 1. The van der Waals surface area contributed by atoms with Crippen molar-refractivity contribution in [1.29, 1.82) is 0 Å². The predicted molar refractivity (Wildman–Crippen MR) is 75.9 cm³/mol. The smallest absolute Gasteiger partial charge is 0.224 e. The number of carbonyl (C=O) groups is 1. The van der Waals surface area contributed by atoms with E-state index in [2.05, 4.69) is 20.3 Å². The van der Waals surface area contributed by atoms with Crippen molar-refractivity contribution in [3.8, 4) is 0 Å². The van der Waals surface area contributed by atoms with Gasteiger partial charge in [-0.15, -0.1) is 0 Å². The van der Waals surface area contributed by atoms with Gasteiger partial charge in [0.15, 0.2) is 0 Å². The number of rotatable bonds is 4. The molecule has 0 saturated heterocycles. The van der Waals surface area contributed by atoms with E-state index in [1.807, 2.05) is 36.4 Å². The molecule has 0 aliphatic carbocycles. The van der Waals surface area contributed by atoms with E-state index >= 15 is 0 Å². The van der Waals surface area contributed by atoms with Crippen LogP contribution in [0, 0.1) is 0 Å². The lowest BCUT2D eigenvalue weighted by atomic mass is 10.2. The molecule has 20 heavy (non-hydrogen) atoms. The Labute approximate surface area is 116 Å². The van der Waals surface area contributed by atoms with Gasteiger partial charge in [-0.25, -0.2) is 4.98 Å². The van der Waals surface area contributed by atoms with Crippen LogP contribution in [0.1, 0.15) is 11.4 Å². The van der Waals surface area contributed by atoms with Crippen LogP contribution >= 0.6 is 0 Å². The van der Waals surface area contributed by atoms with Crippen LogP contribution in [0.4, 0.5) is 0 Å². The maximum Gasteiger partial charge on any atom is 0.224 e. The molecule has 5 nitrogen and oxygen atoms in total. The number of hydrogen-bond donors (Lipinski definition) is 2. The molecule has 0 aliphatic heterocycles. The SMILES string of the molecule is O=C(Cc1cccnc1)NCc1nc2ccccc2[nH]1. The van der Waals surface area contributed by atoms with Crippen LogP contribution in [-0.2, 0) is 17.8 Å². The lowest BCUT2D eigenvalue weighted by molar-refractivity contribution is -0.120. The molecule has 0 spiro atoms. The van der Waals surface area contributed by atoms with Gasteiger partial charge in [0.1, 0.15) is 5.82 Å². The van der Waals surface area contributed by atoms with Crippen molar-refractivity contribution in [2.24, 2.45) is 0 Å². The third-order valence-corrected chi connectivity index (χ3v) is 2.98. The molecule has 0 bridgehead atoms. The third-order valence-electron chi connectivity index (χ3n) is 2.98. The lowest BCUT2D eigenvalue weighted by Crippen LogP contribution is -2.25. The molecule has 0 unspecified atom stereocenters. The molecule has 0 fully saturated rings. The lowest BCUT2D eigenvalue weighted by Gasteiger charge is -2.02. The molecule has 2 heterocycles. The largest absolute Gasteiger partial charge is 0.349 e. The molecule has 5 heteroatoms. The quantitative estimate of drug-likeness (QED) is 0.756. The third kappa shape index (κ3) is 2.83. The van der Waals surface area contributed by atoms with Crippen LogP contribution in [-0.4, -0.2) is 20.9 Å². The van der Waals surface area contributed by atoms with Crippen molar-refractivity contribution < 1.29 is 4.79 Å². The Balaban J connectivity index is 1.60. The summed E-state index contributed by atoms with van der Waals surface area (Å²) in [6, 6.07) is 11.5. The number of pyridine rings is 1. The number of hydrogen-bond acceptors (Lipinski definition) is 3. The van der Waals surface area contributed by atoms with Gasteiger partial charge < -0.3 is 10.3 Å². The first-order chi connectivity index (χ1) is 9.81. The van der Waals surface area contributed by atoms with Crippen LogP contribution < -0.4 is 5.32 Å². The Bertz CT molecular complexity index is 688. The number of para-hydroxylation sites is 2.